The van der Waals surface area contributed by atoms with Crippen molar-refractivity contribution < 1.29 is 5.11 Å². The maximum absolute atomic E-state index is 10.2. The highest BCUT2D eigenvalue weighted by molar-refractivity contribution is 4.77. The first kappa shape index (κ1) is 16.0. The normalized spacial score (nSPS) is 26.2. The van der Waals surface area contributed by atoms with Crippen LogP contribution in [0.5, 0.6) is 0 Å². The third-order valence-corrected chi connectivity index (χ3v) is 4.74. The van der Waals surface area contributed by atoms with Gasteiger partial charge in [-0.2, -0.15) is 0 Å². The lowest BCUT2D eigenvalue weighted by Gasteiger charge is -2.31. The van der Waals surface area contributed by atoms with E-state index in [9.17, 15) is 5.11 Å². The molecule has 0 aromatic rings. The summed E-state index contributed by atoms with van der Waals surface area (Å²) in [5.41, 5.74) is 0. The molecule has 1 saturated carbocycles. The van der Waals surface area contributed by atoms with E-state index in [0.29, 0.717) is 5.92 Å². The summed E-state index contributed by atoms with van der Waals surface area (Å²) >= 11 is 0. The molecule has 0 amide bonds. The molecule has 0 bridgehead atoms. The van der Waals surface area contributed by atoms with Gasteiger partial charge in [0.15, 0.2) is 0 Å². The Labute approximate surface area is 114 Å². The fourth-order valence-corrected chi connectivity index (χ4v) is 3.46. The van der Waals surface area contributed by atoms with E-state index in [1.165, 1.54) is 70.6 Å². The van der Waals surface area contributed by atoms with Gasteiger partial charge in [0, 0.05) is 0 Å². The molecule has 0 aliphatic heterocycles. The number of aliphatic hydroxyl groups is 1. The number of hydrogen-bond donors (Lipinski definition) is 1. The number of rotatable bonds is 9. The third-order valence-electron chi connectivity index (χ3n) is 4.74. The van der Waals surface area contributed by atoms with E-state index in [2.05, 4.69) is 13.8 Å². The van der Waals surface area contributed by atoms with E-state index in [1.54, 1.807) is 0 Å². The van der Waals surface area contributed by atoms with E-state index in [4.69, 9.17) is 0 Å². The average Bonchev–Trinajstić information content (AvgIpc) is 2.39. The van der Waals surface area contributed by atoms with E-state index in [1.807, 2.05) is 0 Å². The Balaban J connectivity index is 2.06. The van der Waals surface area contributed by atoms with E-state index >= 15 is 0 Å². The molecule has 1 aliphatic rings. The summed E-state index contributed by atoms with van der Waals surface area (Å²) in [6, 6.07) is 0. The standard InChI is InChI=1S/C17H34O/c1-3-5-6-7-8-10-17(18)16-13-11-15(9-4-2)12-14-16/h15-18H,3-14H2,1-2H3. The summed E-state index contributed by atoms with van der Waals surface area (Å²) in [5, 5.41) is 10.2. The molecule has 108 valence electrons. The smallest absolute Gasteiger partial charge is 0.0568 e. The predicted molar refractivity (Wildman–Crippen MR) is 79.7 cm³/mol. The first-order chi connectivity index (χ1) is 8.77. The van der Waals surface area contributed by atoms with Crippen molar-refractivity contribution in [1.82, 2.24) is 0 Å². The van der Waals surface area contributed by atoms with Crippen molar-refractivity contribution >= 4 is 0 Å². The summed E-state index contributed by atoms with van der Waals surface area (Å²) in [6.07, 6.45) is 15.6. The minimum Gasteiger partial charge on any atom is -0.393 e. The first-order valence-electron chi connectivity index (χ1n) is 8.46. The first-order valence-corrected chi connectivity index (χ1v) is 8.46. The van der Waals surface area contributed by atoms with Gasteiger partial charge in [0.05, 0.1) is 6.10 Å². The zero-order valence-electron chi connectivity index (χ0n) is 12.7. The molecule has 0 spiro atoms. The van der Waals surface area contributed by atoms with Crippen molar-refractivity contribution in [2.45, 2.75) is 97.0 Å². The Morgan fingerprint density at radius 3 is 2.17 bits per heavy atom. The largest absolute Gasteiger partial charge is 0.393 e. The number of hydrogen-bond acceptors (Lipinski definition) is 1. The lowest BCUT2D eigenvalue weighted by atomic mass is 9.77. The molecule has 0 radical (unpaired) electrons. The Morgan fingerprint density at radius 1 is 0.889 bits per heavy atom. The van der Waals surface area contributed by atoms with Crippen molar-refractivity contribution in [3.63, 3.8) is 0 Å². The van der Waals surface area contributed by atoms with Crippen molar-refractivity contribution in [2.24, 2.45) is 11.8 Å². The highest BCUT2D eigenvalue weighted by Gasteiger charge is 2.25. The van der Waals surface area contributed by atoms with Crippen molar-refractivity contribution in [2.75, 3.05) is 0 Å². The molecule has 0 saturated heterocycles. The fourth-order valence-electron chi connectivity index (χ4n) is 3.46. The van der Waals surface area contributed by atoms with E-state index in [-0.39, 0.29) is 6.10 Å². The van der Waals surface area contributed by atoms with Gasteiger partial charge in [-0.25, -0.2) is 0 Å². The Bertz CT molecular complexity index is 182. The van der Waals surface area contributed by atoms with Crippen LogP contribution in [-0.2, 0) is 0 Å². The van der Waals surface area contributed by atoms with Crippen LogP contribution in [-0.4, -0.2) is 11.2 Å². The highest BCUT2D eigenvalue weighted by Crippen LogP contribution is 2.34. The van der Waals surface area contributed by atoms with E-state index in [0.717, 1.165) is 12.3 Å². The molecule has 1 N–H and O–H groups in total. The molecule has 0 heterocycles. The van der Waals surface area contributed by atoms with Crippen molar-refractivity contribution in [3.05, 3.63) is 0 Å². The van der Waals surface area contributed by atoms with Gasteiger partial charge >= 0.3 is 0 Å². The molecule has 0 aromatic carbocycles. The summed E-state index contributed by atoms with van der Waals surface area (Å²) in [7, 11) is 0. The maximum atomic E-state index is 10.2. The molecular formula is C17H34O. The second-order valence-electron chi connectivity index (χ2n) is 6.34. The molecule has 1 aliphatic carbocycles. The van der Waals surface area contributed by atoms with Gasteiger partial charge in [0.2, 0.25) is 0 Å². The fraction of sp³-hybridized carbons (Fsp3) is 1.00. The number of aliphatic hydroxyl groups excluding tert-OH is 1. The zero-order valence-corrected chi connectivity index (χ0v) is 12.7. The van der Waals surface area contributed by atoms with Crippen LogP contribution in [0.15, 0.2) is 0 Å². The second kappa shape index (κ2) is 9.83. The maximum Gasteiger partial charge on any atom is 0.0568 e. The predicted octanol–water partition coefficient (Wildman–Crippen LogP) is 5.31. The van der Waals surface area contributed by atoms with Gasteiger partial charge in [0.1, 0.15) is 0 Å². The van der Waals surface area contributed by atoms with Crippen LogP contribution in [0.25, 0.3) is 0 Å². The van der Waals surface area contributed by atoms with Crippen LogP contribution in [0.3, 0.4) is 0 Å². The molecule has 1 nitrogen and oxygen atoms in total. The third kappa shape index (κ3) is 6.22. The topological polar surface area (TPSA) is 20.2 Å². The molecule has 1 rings (SSSR count). The minimum absolute atomic E-state index is 0.00537. The van der Waals surface area contributed by atoms with Gasteiger partial charge in [0.25, 0.3) is 0 Å². The van der Waals surface area contributed by atoms with Crippen LogP contribution in [0.4, 0.5) is 0 Å². The zero-order chi connectivity index (χ0) is 13.2. The van der Waals surface area contributed by atoms with Crippen LogP contribution < -0.4 is 0 Å². The minimum atomic E-state index is -0.00537. The highest BCUT2D eigenvalue weighted by atomic mass is 16.3. The van der Waals surface area contributed by atoms with Crippen LogP contribution in [0.2, 0.25) is 0 Å². The van der Waals surface area contributed by atoms with Crippen LogP contribution in [0, 0.1) is 11.8 Å². The molecule has 1 fully saturated rings. The molecular weight excluding hydrogens is 220 g/mol. The lowest BCUT2D eigenvalue weighted by Crippen LogP contribution is -2.25. The van der Waals surface area contributed by atoms with Crippen molar-refractivity contribution in [3.8, 4) is 0 Å². The lowest BCUT2D eigenvalue weighted by molar-refractivity contribution is 0.0636. The molecule has 1 heteroatoms. The van der Waals surface area contributed by atoms with Gasteiger partial charge < -0.3 is 5.11 Å². The number of unbranched alkanes of at least 4 members (excludes halogenated alkanes) is 4. The van der Waals surface area contributed by atoms with Gasteiger partial charge in [-0.15, -0.1) is 0 Å². The summed E-state index contributed by atoms with van der Waals surface area (Å²) in [4.78, 5) is 0. The summed E-state index contributed by atoms with van der Waals surface area (Å²) < 4.78 is 0. The molecule has 1 atom stereocenters. The average molecular weight is 254 g/mol. The Morgan fingerprint density at radius 2 is 1.56 bits per heavy atom. The quantitative estimate of drug-likeness (QED) is 0.552. The van der Waals surface area contributed by atoms with Gasteiger partial charge in [-0.05, 0) is 31.1 Å². The SMILES string of the molecule is CCCCCCCC(O)C1CCC(CCC)CC1. The summed E-state index contributed by atoms with van der Waals surface area (Å²) in [6.45, 7) is 4.54. The van der Waals surface area contributed by atoms with Crippen LogP contribution in [0.1, 0.15) is 90.9 Å². The monoisotopic (exact) mass is 254 g/mol. The van der Waals surface area contributed by atoms with Gasteiger partial charge in [-0.3, -0.25) is 0 Å². The van der Waals surface area contributed by atoms with E-state index < -0.39 is 0 Å². The molecule has 18 heavy (non-hydrogen) atoms. The van der Waals surface area contributed by atoms with Crippen molar-refractivity contribution in [1.29, 1.82) is 0 Å². The Hall–Kier alpha value is -0.0400. The molecule has 1 unspecified atom stereocenters. The van der Waals surface area contributed by atoms with Crippen LogP contribution >= 0.6 is 0 Å². The molecule has 0 aromatic heterocycles. The Kier molecular flexibility index (Phi) is 8.75. The second-order valence-corrected chi connectivity index (χ2v) is 6.34. The van der Waals surface area contributed by atoms with Gasteiger partial charge in [-0.1, -0.05) is 71.6 Å². The summed E-state index contributed by atoms with van der Waals surface area (Å²) in [5.74, 6) is 1.58.